The molecule has 0 spiro atoms. The molecule has 2 aromatic rings. The number of aromatic nitrogens is 1. The van der Waals surface area contributed by atoms with Crippen LogP contribution >= 0.6 is 0 Å². The number of nitrogens with one attached hydrogen (secondary N) is 2. The number of hydrogen-bond acceptors (Lipinski definition) is 5. The molecule has 0 aliphatic carbocycles. The van der Waals surface area contributed by atoms with Crippen LogP contribution in [0.3, 0.4) is 0 Å². The van der Waals surface area contributed by atoms with Crippen molar-refractivity contribution in [3.05, 3.63) is 35.8 Å². The van der Waals surface area contributed by atoms with Crippen molar-refractivity contribution >= 4 is 28.7 Å². The Kier molecular flexibility index (Phi) is 5.86. The van der Waals surface area contributed by atoms with Crippen LogP contribution in [-0.2, 0) is 11.0 Å². The highest BCUT2D eigenvalue weighted by Crippen LogP contribution is 2.34. The monoisotopic (exact) mass is 350 g/mol. The third-order valence-electron chi connectivity index (χ3n) is 3.30. The van der Waals surface area contributed by atoms with Gasteiger partial charge >= 0.3 is 0 Å². The van der Waals surface area contributed by atoms with Gasteiger partial charge in [0.15, 0.2) is 11.6 Å². The summed E-state index contributed by atoms with van der Waals surface area (Å²) < 4.78 is 34.1. The Labute approximate surface area is 142 Å². The standard InChI is InChI=1S/C16H19FN4O2S/c1-3-4-24(22)21-14-7-10(6-13(17)15(14)23-2)12-5-11(8-18)16(19)20-9-12/h5-9,18,21H,3-4H2,1-2H3,(H2,19,20). The SMILES string of the molecule is CCCS(=O)Nc1cc(-c2cnc(N)c(C=N)c2)cc(F)c1OC. The maximum Gasteiger partial charge on any atom is 0.178 e. The van der Waals surface area contributed by atoms with Gasteiger partial charge in [0.2, 0.25) is 0 Å². The molecule has 1 heterocycles. The number of methoxy groups -OCH3 is 1. The quantitative estimate of drug-likeness (QED) is 0.668. The highest BCUT2D eigenvalue weighted by atomic mass is 32.2. The highest BCUT2D eigenvalue weighted by Gasteiger charge is 2.15. The van der Waals surface area contributed by atoms with Gasteiger partial charge in [-0.25, -0.2) is 13.6 Å². The Balaban J connectivity index is 2.50. The van der Waals surface area contributed by atoms with Crippen molar-refractivity contribution in [2.24, 2.45) is 0 Å². The summed E-state index contributed by atoms with van der Waals surface area (Å²) in [4.78, 5) is 4.01. The Bertz CT molecular complexity index is 783. The second-order valence-corrected chi connectivity index (χ2v) is 6.34. The molecule has 0 aliphatic heterocycles. The molecule has 128 valence electrons. The molecule has 0 fully saturated rings. The van der Waals surface area contributed by atoms with Gasteiger partial charge in [0, 0.05) is 29.3 Å². The summed E-state index contributed by atoms with van der Waals surface area (Å²) in [5.41, 5.74) is 7.52. The number of nitrogens with two attached hydrogens (primary N) is 1. The van der Waals surface area contributed by atoms with E-state index >= 15 is 0 Å². The maximum atomic E-state index is 14.3. The first-order chi connectivity index (χ1) is 11.5. The first kappa shape index (κ1) is 17.9. The number of anilines is 2. The fraction of sp³-hybridized carbons (Fsp3) is 0.250. The molecule has 0 aliphatic rings. The molecular formula is C16H19FN4O2S. The number of pyridine rings is 1. The molecule has 1 unspecified atom stereocenters. The molecule has 6 nitrogen and oxygen atoms in total. The molecule has 0 saturated carbocycles. The summed E-state index contributed by atoms with van der Waals surface area (Å²) in [5.74, 6) is 0.0827. The molecule has 0 amide bonds. The van der Waals surface area contributed by atoms with Crippen LogP contribution in [0.25, 0.3) is 11.1 Å². The molecule has 2 rings (SSSR count). The van der Waals surface area contributed by atoms with Gasteiger partial charge in [-0.05, 0) is 30.2 Å². The van der Waals surface area contributed by atoms with Crippen LogP contribution in [0.1, 0.15) is 18.9 Å². The summed E-state index contributed by atoms with van der Waals surface area (Å²) >= 11 is 0. The lowest BCUT2D eigenvalue weighted by Gasteiger charge is -2.14. The zero-order chi connectivity index (χ0) is 17.7. The summed E-state index contributed by atoms with van der Waals surface area (Å²) in [7, 11) is 0.0172. The van der Waals surface area contributed by atoms with Crippen molar-refractivity contribution in [1.29, 1.82) is 5.41 Å². The predicted molar refractivity (Wildman–Crippen MR) is 95.4 cm³/mol. The lowest BCUT2D eigenvalue weighted by Crippen LogP contribution is -2.09. The van der Waals surface area contributed by atoms with E-state index in [2.05, 4.69) is 9.71 Å². The van der Waals surface area contributed by atoms with Gasteiger partial charge < -0.3 is 20.6 Å². The zero-order valence-electron chi connectivity index (χ0n) is 13.4. The van der Waals surface area contributed by atoms with Crippen LogP contribution in [0.2, 0.25) is 0 Å². The molecule has 0 saturated heterocycles. The van der Waals surface area contributed by atoms with E-state index in [1.165, 1.54) is 19.4 Å². The van der Waals surface area contributed by atoms with Crippen LogP contribution in [0, 0.1) is 11.2 Å². The van der Waals surface area contributed by atoms with Gasteiger partial charge in [0.1, 0.15) is 16.8 Å². The van der Waals surface area contributed by atoms with Crippen molar-refractivity contribution < 1.29 is 13.3 Å². The fourth-order valence-electron chi connectivity index (χ4n) is 2.17. The first-order valence-corrected chi connectivity index (χ1v) is 8.61. The van der Waals surface area contributed by atoms with Crippen molar-refractivity contribution in [2.75, 3.05) is 23.3 Å². The molecule has 24 heavy (non-hydrogen) atoms. The van der Waals surface area contributed by atoms with Crippen LogP contribution in [0.5, 0.6) is 5.75 Å². The minimum atomic E-state index is -1.33. The second-order valence-electron chi connectivity index (χ2n) is 5.03. The van der Waals surface area contributed by atoms with E-state index in [-0.39, 0.29) is 11.6 Å². The number of nitrogens with zero attached hydrogens (tertiary/aromatic N) is 1. The number of ether oxygens (including phenoxy) is 1. The normalized spacial score (nSPS) is 11.8. The average molecular weight is 350 g/mol. The smallest absolute Gasteiger partial charge is 0.178 e. The topological polar surface area (TPSA) is 101 Å². The molecular weight excluding hydrogens is 331 g/mol. The van der Waals surface area contributed by atoms with Crippen molar-refractivity contribution in [2.45, 2.75) is 13.3 Å². The van der Waals surface area contributed by atoms with E-state index in [1.807, 2.05) is 6.92 Å². The van der Waals surface area contributed by atoms with E-state index in [9.17, 15) is 8.60 Å². The van der Waals surface area contributed by atoms with E-state index in [0.29, 0.717) is 28.1 Å². The first-order valence-electron chi connectivity index (χ1n) is 7.29. The number of benzene rings is 1. The Morgan fingerprint density at radius 1 is 1.42 bits per heavy atom. The largest absolute Gasteiger partial charge is 0.492 e. The zero-order valence-corrected chi connectivity index (χ0v) is 14.2. The average Bonchev–Trinajstić information content (AvgIpc) is 2.55. The van der Waals surface area contributed by atoms with Gasteiger partial charge in [0.25, 0.3) is 0 Å². The summed E-state index contributed by atoms with van der Waals surface area (Å²) in [5, 5.41) is 7.34. The van der Waals surface area contributed by atoms with Crippen LogP contribution in [-0.4, -0.2) is 28.3 Å². The highest BCUT2D eigenvalue weighted by molar-refractivity contribution is 7.86. The van der Waals surface area contributed by atoms with Gasteiger partial charge in [-0.2, -0.15) is 0 Å². The van der Waals surface area contributed by atoms with E-state index < -0.39 is 16.8 Å². The summed E-state index contributed by atoms with van der Waals surface area (Å²) in [6, 6.07) is 4.58. The molecule has 8 heteroatoms. The van der Waals surface area contributed by atoms with E-state index in [1.54, 1.807) is 12.1 Å². The Morgan fingerprint density at radius 2 is 2.17 bits per heavy atom. The lowest BCUT2D eigenvalue weighted by molar-refractivity contribution is 0.389. The third kappa shape index (κ3) is 3.88. The molecule has 1 atom stereocenters. The Morgan fingerprint density at radius 3 is 2.79 bits per heavy atom. The van der Waals surface area contributed by atoms with Crippen LogP contribution in [0.15, 0.2) is 24.4 Å². The fourth-order valence-corrected chi connectivity index (χ4v) is 3.04. The second kappa shape index (κ2) is 7.87. The third-order valence-corrected chi connectivity index (χ3v) is 4.53. The van der Waals surface area contributed by atoms with E-state index in [0.717, 1.165) is 12.6 Å². The van der Waals surface area contributed by atoms with Crippen LogP contribution < -0.4 is 15.2 Å². The lowest BCUT2D eigenvalue weighted by atomic mass is 10.0. The van der Waals surface area contributed by atoms with Gasteiger partial charge in [0.05, 0.1) is 12.8 Å². The Hall–Kier alpha value is -2.48. The summed E-state index contributed by atoms with van der Waals surface area (Å²) in [6.45, 7) is 1.91. The van der Waals surface area contributed by atoms with Gasteiger partial charge in [-0.3, -0.25) is 0 Å². The summed E-state index contributed by atoms with van der Waals surface area (Å²) in [6.07, 6.45) is 3.31. The van der Waals surface area contributed by atoms with E-state index in [4.69, 9.17) is 15.9 Å². The number of nitrogen functional groups attached to an aromatic ring is 1. The molecule has 0 radical (unpaired) electrons. The van der Waals surface area contributed by atoms with Crippen molar-refractivity contribution in [3.63, 3.8) is 0 Å². The van der Waals surface area contributed by atoms with Crippen LogP contribution in [0.4, 0.5) is 15.9 Å². The van der Waals surface area contributed by atoms with Gasteiger partial charge in [-0.1, -0.05) is 6.92 Å². The molecule has 1 aromatic carbocycles. The minimum absolute atomic E-state index is 0.00103. The molecule has 0 bridgehead atoms. The number of rotatable bonds is 7. The number of hydrogen-bond donors (Lipinski definition) is 3. The molecule has 4 N–H and O–H groups in total. The van der Waals surface area contributed by atoms with Gasteiger partial charge in [-0.15, -0.1) is 0 Å². The minimum Gasteiger partial charge on any atom is -0.492 e. The number of halogens is 1. The predicted octanol–water partition coefficient (Wildman–Crippen LogP) is 2.96. The molecule has 1 aromatic heterocycles. The van der Waals surface area contributed by atoms with Crippen molar-refractivity contribution in [1.82, 2.24) is 4.98 Å². The maximum absolute atomic E-state index is 14.3. The van der Waals surface area contributed by atoms with Crippen molar-refractivity contribution in [3.8, 4) is 16.9 Å².